The Bertz CT molecular complexity index is 1360. The van der Waals surface area contributed by atoms with Crippen LogP contribution in [0, 0.1) is 0 Å². The van der Waals surface area contributed by atoms with Crippen molar-refractivity contribution in [2.45, 2.75) is 25.9 Å². The van der Waals surface area contributed by atoms with Crippen LogP contribution in [0.1, 0.15) is 28.4 Å². The Morgan fingerprint density at radius 2 is 2.00 bits per heavy atom. The highest BCUT2D eigenvalue weighted by atomic mass is 16.6. The Morgan fingerprint density at radius 3 is 2.73 bits per heavy atom. The van der Waals surface area contributed by atoms with Gasteiger partial charge in [0, 0.05) is 19.3 Å². The van der Waals surface area contributed by atoms with Gasteiger partial charge in [0.2, 0.25) is 5.95 Å². The number of benzene rings is 2. The maximum Gasteiger partial charge on any atom is 0.414 e. The molecule has 4 N–H and O–H groups in total. The number of aromatic nitrogens is 2. The Morgan fingerprint density at radius 1 is 1.19 bits per heavy atom. The van der Waals surface area contributed by atoms with Crippen LogP contribution in [-0.4, -0.2) is 60.2 Å². The number of fused-ring (bicyclic) bond motifs is 1. The highest BCUT2D eigenvalue weighted by molar-refractivity contribution is 6.00. The SMILES string of the molecule is COc1cc2c(cc1Nc1ncc(C(N)=O)c(Nc3ccccc3N3C(=O)OCC3C)n1)CN(C)CC2. The molecule has 0 bridgehead atoms. The zero-order chi connectivity index (χ0) is 26.1. The predicted molar refractivity (Wildman–Crippen MR) is 140 cm³/mol. The van der Waals surface area contributed by atoms with Gasteiger partial charge in [0.25, 0.3) is 5.91 Å². The molecular formula is C26H29N7O4. The van der Waals surface area contributed by atoms with Gasteiger partial charge < -0.3 is 30.7 Å². The molecule has 37 heavy (non-hydrogen) atoms. The highest BCUT2D eigenvalue weighted by Gasteiger charge is 2.32. The van der Waals surface area contributed by atoms with E-state index in [1.165, 1.54) is 17.3 Å². The van der Waals surface area contributed by atoms with E-state index in [0.717, 1.165) is 19.5 Å². The van der Waals surface area contributed by atoms with Gasteiger partial charge in [-0.15, -0.1) is 0 Å². The standard InChI is InChI=1S/C26H29N7O4/c1-15-14-37-26(35)33(15)21-7-5-4-6-19(21)29-24-18(23(27)34)12-28-25(31-24)30-20-10-17-13-32(2)9-8-16(17)11-22(20)36-3/h4-7,10-12,15H,8-9,13-14H2,1-3H3,(H2,27,34)(H2,28,29,30,31). The van der Waals surface area contributed by atoms with Crippen LogP contribution in [0.15, 0.2) is 42.6 Å². The first-order valence-corrected chi connectivity index (χ1v) is 12.0. The summed E-state index contributed by atoms with van der Waals surface area (Å²) in [4.78, 5) is 37.2. The molecule has 3 heterocycles. The van der Waals surface area contributed by atoms with E-state index in [4.69, 9.17) is 15.2 Å². The number of ether oxygens (including phenoxy) is 2. The second-order valence-electron chi connectivity index (χ2n) is 9.19. The molecular weight excluding hydrogens is 474 g/mol. The molecule has 2 aromatic carbocycles. The van der Waals surface area contributed by atoms with E-state index in [0.29, 0.717) is 29.4 Å². The Kier molecular flexibility index (Phi) is 6.53. The van der Waals surface area contributed by atoms with Crippen molar-refractivity contribution < 1.29 is 19.1 Å². The van der Waals surface area contributed by atoms with Gasteiger partial charge in [0.1, 0.15) is 23.7 Å². The van der Waals surface area contributed by atoms with Gasteiger partial charge in [-0.2, -0.15) is 4.98 Å². The van der Waals surface area contributed by atoms with Crippen LogP contribution in [0.25, 0.3) is 0 Å². The lowest BCUT2D eigenvalue weighted by molar-refractivity contribution is 0.100. The fourth-order valence-electron chi connectivity index (χ4n) is 4.60. The molecule has 1 unspecified atom stereocenters. The predicted octanol–water partition coefficient (Wildman–Crippen LogP) is 3.40. The van der Waals surface area contributed by atoms with Gasteiger partial charge in [-0.25, -0.2) is 9.78 Å². The lowest BCUT2D eigenvalue weighted by Crippen LogP contribution is -2.31. The molecule has 1 atom stereocenters. The number of primary amides is 1. The van der Waals surface area contributed by atoms with Gasteiger partial charge in [0.05, 0.1) is 30.2 Å². The molecule has 0 radical (unpaired) electrons. The van der Waals surface area contributed by atoms with Crippen LogP contribution in [-0.2, 0) is 17.7 Å². The van der Waals surface area contributed by atoms with Crippen LogP contribution in [0.3, 0.4) is 0 Å². The van der Waals surface area contributed by atoms with Gasteiger partial charge in [0.15, 0.2) is 0 Å². The Labute approximate surface area is 214 Å². The number of carbonyl (C=O) groups is 2. The molecule has 2 aliphatic heterocycles. The summed E-state index contributed by atoms with van der Waals surface area (Å²) in [5.41, 5.74) is 10.1. The zero-order valence-corrected chi connectivity index (χ0v) is 20.9. The number of methoxy groups -OCH3 is 1. The number of rotatable bonds is 7. The minimum Gasteiger partial charge on any atom is -0.495 e. The second kappa shape index (κ2) is 9.94. The molecule has 1 saturated heterocycles. The molecule has 3 aromatic rings. The molecule has 2 amide bonds. The monoisotopic (exact) mass is 503 g/mol. The van der Waals surface area contributed by atoms with E-state index in [2.05, 4.69) is 32.5 Å². The quantitative estimate of drug-likeness (QED) is 0.443. The molecule has 11 heteroatoms. The number of cyclic esters (lactones) is 1. The van der Waals surface area contributed by atoms with E-state index in [1.807, 2.05) is 31.2 Å². The average Bonchev–Trinajstić information content (AvgIpc) is 3.21. The van der Waals surface area contributed by atoms with E-state index in [1.54, 1.807) is 24.1 Å². The van der Waals surface area contributed by atoms with Gasteiger partial charge in [-0.05, 0) is 55.8 Å². The molecule has 1 fully saturated rings. The number of nitrogens with zero attached hydrogens (tertiary/aromatic N) is 4. The molecule has 0 aliphatic carbocycles. The summed E-state index contributed by atoms with van der Waals surface area (Å²) < 4.78 is 10.8. The summed E-state index contributed by atoms with van der Waals surface area (Å²) in [6.07, 6.45) is 1.88. The maximum absolute atomic E-state index is 12.4. The number of nitrogens with two attached hydrogens (primary N) is 1. The van der Waals surface area contributed by atoms with Crippen LogP contribution in [0.5, 0.6) is 5.75 Å². The molecule has 1 aromatic heterocycles. The smallest absolute Gasteiger partial charge is 0.414 e. The number of para-hydroxylation sites is 2. The third-order valence-corrected chi connectivity index (χ3v) is 6.53. The fourth-order valence-corrected chi connectivity index (χ4v) is 4.60. The van der Waals surface area contributed by atoms with Crippen molar-refractivity contribution in [1.82, 2.24) is 14.9 Å². The maximum atomic E-state index is 12.4. The number of anilines is 5. The van der Waals surface area contributed by atoms with E-state index in [9.17, 15) is 9.59 Å². The fraction of sp³-hybridized carbons (Fsp3) is 0.308. The highest BCUT2D eigenvalue weighted by Crippen LogP contribution is 2.35. The molecule has 2 aliphatic rings. The van der Waals surface area contributed by atoms with Crippen molar-refractivity contribution in [2.75, 3.05) is 42.8 Å². The van der Waals surface area contributed by atoms with Crippen LogP contribution in [0.4, 0.5) is 33.6 Å². The van der Waals surface area contributed by atoms with Crippen molar-refractivity contribution in [3.8, 4) is 5.75 Å². The molecule has 5 rings (SSSR count). The third-order valence-electron chi connectivity index (χ3n) is 6.53. The van der Waals surface area contributed by atoms with Gasteiger partial charge >= 0.3 is 6.09 Å². The molecule has 0 spiro atoms. The lowest BCUT2D eigenvalue weighted by atomic mass is 9.99. The van der Waals surface area contributed by atoms with E-state index in [-0.39, 0.29) is 23.4 Å². The lowest BCUT2D eigenvalue weighted by Gasteiger charge is -2.26. The Hall–Kier alpha value is -4.38. The summed E-state index contributed by atoms with van der Waals surface area (Å²) >= 11 is 0. The molecule has 11 nitrogen and oxygen atoms in total. The first-order valence-electron chi connectivity index (χ1n) is 12.0. The van der Waals surface area contributed by atoms with Gasteiger partial charge in [-0.3, -0.25) is 9.69 Å². The largest absolute Gasteiger partial charge is 0.495 e. The first-order chi connectivity index (χ1) is 17.8. The third kappa shape index (κ3) is 4.85. The van der Waals surface area contributed by atoms with Crippen LogP contribution in [0.2, 0.25) is 0 Å². The number of hydrogen-bond donors (Lipinski definition) is 3. The van der Waals surface area contributed by atoms with E-state index < -0.39 is 12.0 Å². The summed E-state index contributed by atoms with van der Waals surface area (Å²) in [5, 5.41) is 6.39. The number of nitrogens with one attached hydrogen (secondary N) is 2. The average molecular weight is 504 g/mol. The normalized spacial score (nSPS) is 17.2. The molecule has 192 valence electrons. The molecule has 0 saturated carbocycles. The second-order valence-corrected chi connectivity index (χ2v) is 9.19. The van der Waals surface area contributed by atoms with Crippen molar-refractivity contribution >= 4 is 40.8 Å². The summed E-state index contributed by atoms with van der Waals surface area (Å²) in [7, 11) is 3.71. The number of likely N-dealkylation sites (N-methyl/N-ethyl adjacent to an activating group) is 1. The topological polar surface area (TPSA) is 135 Å². The van der Waals surface area contributed by atoms with Crippen molar-refractivity contribution in [3.63, 3.8) is 0 Å². The first kappa shape index (κ1) is 24.3. The van der Waals surface area contributed by atoms with E-state index >= 15 is 0 Å². The summed E-state index contributed by atoms with van der Waals surface area (Å²) in [6.45, 7) is 4.01. The van der Waals surface area contributed by atoms with Crippen LogP contribution < -0.4 is 26.0 Å². The summed E-state index contributed by atoms with van der Waals surface area (Å²) in [6, 6.07) is 11.1. The van der Waals surface area contributed by atoms with Gasteiger partial charge in [-0.1, -0.05) is 12.1 Å². The zero-order valence-electron chi connectivity index (χ0n) is 20.9. The number of carbonyl (C=O) groups excluding carboxylic acids is 2. The minimum atomic E-state index is -0.685. The summed E-state index contributed by atoms with van der Waals surface area (Å²) in [5.74, 6) is 0.442. The number of hydrogen-bond acceptors (Lipinski definition) is 9. The Balaban J connectivity index is 1.49. The van der Waals surface area contributed by atoms with Crippen molar-refractivity contribution in [3.05, 3.63) is 59.3 Å². The minimum absolute atomic E-state index is 0.108. The van der Waals surface area contributed by atoms with Crippen LogP contribution >= 0.6 is 0 Å². The van der Waals surface area contributed by atoms with Crippen molar-refractivity contribution in [2.24, 2.45) is 5.73 Å². The van der Waals surface area contributed by atoms with Crippen molar-refractivity contribution in [1.29, 1.82) is 0 Å². The number of amides is 2.